The van der Waals surface area contributed by atoms with Crippen LogP contribution in [0.4, 0.5) is 13.2 Å². The molecular weight excluding hydrogens is 193 g/mol. The lowest BCUT2D eigenvalue weighted by Crippen LogP contribution is -2.00. The summed E-state index contributed by atoms with van der Waals surface area (Å²) < 4.78 is 37.9. The monoisotopic (exact) mass is 202 g/mol. The molecule has 0 heterocycles. The molecule has 1 nitrogen and oxygen atoms in total. The van der Waals surface area contributed by atoms with Gasteiger partial charge in [-0.15, -0.1) is 6.58 Å². The van der Waals surface area contributed by atoms with Gasteiger partial charge in [-0.05, 0) is 24.1 Å². The molecule has 0 spiro atoms. The Morgan fingerprint density at radius 2 is 1.79 bits per heavy atom. The number of aliphatic hydroxyl groups is 1. The fourth-order valence-corrected chi connectivity index (χ4v) is 1.06. The van der Waals surface area contributed by atoms with Crippen LogP contribution in [0.2, 0.25) is 0 Å². The number of benzene rings is 1. The van der Waals surface area contributed by atoms with Crippen LogP contribution in [0.25, 0.3) is 0 Å². The average molecular weight is 202 g/mol. The molecule has 0 aliphatic rings. The highest BCUT2D eigenvalue weighted by Gasteiger charge is 2.14. The van der Waals surface area contributed by atoms with E-state index < -0.39 is 23.6 Å². The zero-order valence-electron chi connectivity index (χ0n) is 7.30. The predicted molar refractivity (Wildman–Crippen MR) is 46.1 cm³/mol. The Morgan fingerprint density at radius 1 is 1.29 bits per heavy atom. The molecule has 0 saturated heterocycles. The van der Waals surface area contributed by atoms with E-state index in [4.69, 9.17) is 0 Å². The molecule has 1 rings (SSSR count). The molecule has 0 radical (unpaired) electrons. The summed E-state index contributed by atoms with van der Waals surface area (Å²) >= 11 is 0. The molecule has 0 unspecified atom stereocenters. The number of halogens is 3. The molecular formula is C10H9F3O. The Balaban J connectivity index is 3.05. The summed E-state index contributed by atoms with van der Waals surface area (Å²) in [7, 11) is 0. The quantitative estimate of drug-likeness (QED) is 0.590. The normalized spacial score (nSPS) is 12.6. The molecule has 0 saturated carbocycles. The van der Waals surface area contributed by atoms with Gasteiger partial charge in [-0.1, -0.05) is 6.08 Å². The highest BCUT2D eigenvalue weighted by molar-refractivity contribution is 5.21. The van der Waals surface area contributed by atoms with Gasteiger partial charge < -0.3 is 5.11 Å². The third-order valence-corrected chi connectivity index (χ3v) is 1.78. The molecule has 1 aromatic rings. The summed E-state index contributed by atoms with van der Waals surface area (Å²) in [6, 6.07) is 1.54. The van der Waals surface area contributed by atoms with Crippen molar-refractivity contribution in [2.75, 3.05) is 0 Å². The zero-order valence-corrected chi connectivity index (χ0v) is 7.30. The van der Waals surface area contributed by atoms with Crippen LogP contribution in [0, 0.1) is 17.5 Å². The standard InChI is InChI=1S/C10H9F3O/c1-2-3-9(14)6-4-7(11)10(13)8(12)5-6/h2,4-5,9,14H,1,3H2/t9-/m0/s1. The van der Waals surface area contributed by atoms with Gasteiger partial charge in [-0.25, -0.2) is 13.2 Å². The van der Waals surface area contributed by atoms with Crippen LogP contribution >= 0.6 is 0 Å². The molecule has 0 fully saturated rings. The van der Waals surface area contributed by atoms with Crippen LogP contribution in [-0.4, -0.2) is 5.11 Å². The Morgan fingerprint density at radius 3 is 2.21 bits per heavy atom. The number of aliphatic hydroxyl groups excluding tert-OH is 1. The summed E-state index contributed by atoms with van der Waals surface area (Å²) in [5.41, 5.74) is 0.00120. The SMILES string of the molecule is C=CC[C@H](O)c1cc(F)c(F)c(F)c1. The minimum atomic E-state index is -1.53. The van der Waals surface area contributed by atoms with Crippen molar-refractivity contribution in [1.82, 2.24) is 0 Å². The van der Waals surface area contributed by atoms with E-state index in [1.807, 2.05) is 0 Å². The van der Waals surface area contributed by atoms with Gasteiger partial charge in [-0.2, -0.15) is 0 Å². The Labute approximate surface area is 79.5 Å². The lowest BCUT2D eigenvalue weighted by atomic mass is 10.1. The number of hydrogen-bond donors (Lipinski definition) is 1. The molecule has 1 aromatic carbocycles. The van der Waals surface area contributed by atoms with Crippen LogP contribution in [0.5, 0.6) is 0 Å². The van der Waals surface area contributed by atoms with Crippen molar-refractivity contribution in [3.05, 3.63) is 47.8 Å². The first-order valence-corrected chi connectivity index (χ1v) is 3.99. The number of rotatable bonds is 3. The van der Waals surface area contributed by atoms with Crippen molar-refractivity contribution >= 4 is 0 Å². The lowest BCUT2D eigenvalue weighted by Gasteiger charge is -2.08. The van der Waals surface area contributed by atoms with Gasteiger partial charge in [0.2, 0.25) is 0 Å². The first-order valence-electron chi connectivity index (χ1n) is 3.99. The van der Waals surface area contributed by atoms with E-state index >= 15 is 0 Å². The third kappa shape index (κ3) is 2.14. The van der Waals surface area contributed by atoms with E-state index in [-0.39, 0.29) is 12.0 Å². The third-order valence-electron chi connectivity index (χ3n) is 1.78. The van der Waals surface area contributed by atoms with Gasteiger partial charge in [-0.3, -0.25) is 0 Å². The van der Waals surface area contributed by atoms with E-state index in [1.54, 1.807) is 0 Å². The van der Waals surface area contributed by atoms with Gasteiger partial charge in [0.05, 0.1) is 6.10 Å². The van der Waals surface area contributed by atoms with Gasteiger partial charge in [0, 0.05) is 0 Å². The number of hydrogen-bond acceptors (Lipinski definition) is 1. The van der Waals surface area contributed by atoms with E-state index in [0.717, 1.165) is 12.1 Å². The molecule has 0 aliphatic heterocycles. The smallest absolute Gasteiger partial charge is 0.194 e. The molecule has 0 amide bonds. The molecule has 0 bridgehead atoms. The fraction of sp³-hybridized carbons (Fsp3) is 0.200. The summed E-state index contributed by atoms with van der Waals surface area (Å²) in [6.45, 7) is 3.37. The minimum absolute atomic E-state index is 0.00120. The lowest BCUT2D eigenvalue weighted by molar-refractivity contribution is 0.180. The van der Waals surface area contributed by atoms with Crippen molar-refractivity contribution in [2.24, 2.45) is 0 Å². The van der Waals surface area contributed by atoms with Crippen molar-refractivity contribution in [2.45, 2.75) is 12.5 Å². The van der Waals surface area contributed by atoms with E-state index in [2.05, 4.69) is 6.58 Å². The summed E-state index contributed by atoms with van der Waals surface area (Å²) in [5, 5.41) is 9.33. The highest BCUT2D eigenvalue weighted by Crippen LogP contribution is 2.21. The maximum absolute atomic E-state index is 12.7. The molecule has 76 valence electrons. The summed E-state index contributed by atoms with van der Waals surface area (Å²) in [5.74, 6) is -4.13. The molecule has 0 aliphatic carbocycles. The second-order valence-corrected chi connectivity index (χ2v) is 2.84. The Hall–Kier alpha value is -1.29. The zero-order chi connectivity index (χ0) is 10.7. The molecule has 0 aromatic heterocycles. The maximum atomic E-state index is 12.7. The van der Waals surface area contributed by atoms with Crippen LogP contribution < -0.4 is 0 Å². The summed E-state index contributed by atoms with van der Waals surface area (Å²) in [6.07, 6.45) is 0.506. The van der Waals surface area contributed by atoms with Gasteiger partial charge in [0.15, 0.2) is 17.5 Å². The molecule has 4 heteroatoms. The fourth-order valence-electron chi connectivity index (χ4n) is 1.06. The topological polar surface area (TPSA) is 20.2 Å². The van der Waals surface area contributed by atoms with Crippen LogP contribution in [-0.2, 0) is 0 Å². The van der Waals surface area contributed by atoms with Crippen molar-refractivity contribution in [3.8, 4) is 0 Å². The predicted octanol–water partition coefficient (Wildman–Crippen LogP) is 2.71. The first-order chi connectivity index (χ1) is 6.56. The largest absolute Gasteiger partial charge is 0.388 e. The van der Waals surface area contributed by atoms with Crippen LogP contribution in [0.15, 0.2) is 24.8 Å². The second kappa shape index (κ2) is 4.28. The van der Waals surface area contributed by atoms with Crippen molar-refractivity contribution in [3.63, 3.8) is 0 Å². The first kappa shape index (κ1) is 10.8. The average Bonchev–Trinajstić information content (AvgIpc) is 2.13. The van der Waals surface area contributed by atoms with E-state index in [0.29, 0.717) is 0 Å². The van der Waals surface area contributed by atoms with Crippen LogP contribution in [0.3, 0.4) is 0 Å². The van der Waals surface area contributed by atoms with E-state index in [9.17, 15) is 18.3 Å². The minimum Gasteiger partial charge on any atom is -0.388 e. The van der Waals surface area contributed by atoms with Gasteiger partial charge in [0.25, 0.3) is 0 Å². The van der Waals surface area contributed by atoms with Crippen LogP contribution in [0.1, 0.15) is 18.1 Å². The maximum Gasteiger partial charge on any atom is 0.194 e. The molecule has 14 heavy (non-hydrogen) atoms. The molecule has 1 N–H and O–H groups in total. The Kier molecular flexibility index (Phi) is 3.30. The Bertz CT molecular complexity index is 326. The van der Waals surface area contributed by atoms with Gasteiger partial charge in [0.1, 0.15) is 0 Å². The van der Waals surface area contributed by atoms with E-state index in [1.165, 1.54) is 6.08 Å². The molecule has 1 atom stereocenters. The van der Waals surface area contributed by atoms with Crippen molar-refractivity contribution in [1.29, 1.82) is 0 Å². The van der Waals surface area contributed by atoms with Gasteiger partial charge >= 0.3 is 0 Å². The summed E-state index contributed by atoms with van der Waals surface area (Å²) in [4.78, 5) is 0. The second-order valence-electron chi connectivity index (χ2n) is 2.84. The van der Waals surface area contributed by atoms with Crippen molar-refractivity contribution < 1.29 is 18.3 Å². The highest BCUT2D eigenvalue weighted by atomic mass is 19.2.